The Morgan fingerprint density at radius 2 is 1.63 bits per heavy atom. The van der Waals surface area contributed by atoms with Crippen LogP contribution in [0.1, 0.15) is 45.9 Å². The van der Waals surface area contributed by atoms with Crippen LogP contribution in [0.2, 0.25) is 0 Å². The number of thiophene rings is 1. The molecule has 5 rings (SSSR count). The van der Waals surface area contributed by atoms with Crippen LogP contribution in [-0.2, 0) is 15.9 Å². The standard InChI is InChI=1S/C27H29N3O2S3/c1-3-31-21(32-4-2)16-33-27-29-25(28)22-19-15-20(17-11-7-5-8-12-17)34-23(18-13-9-6-10-14-18)24(19)35-26(22)30-27/h5-14,20-21,23H,3-4,15-16H2,1-2H3,(H2,28,29,30)/t20-,23-/m1/s1. The fraction of sp³-hybridized carbons (Fsp3) is 0.333. The Labute approximate surface area is 218 Å². The summed E-state index contributed by atoms with van der Waals surface area (Å²) >= 11 is 5.30. The van der Waals surface area contributed by atoms with Crippen molar-refractivity contribution in [3.63, 3.8) is 0 Å². The van der Waals surface area contributed by atoms with Gasteiger partial charge >= 0.3 is 0 Å². The Bertz CT molecular complexity index is 1260. The van der Waals surface area contributed by atoms with E-state index >= 15 is 0 Å². The second-order valence-corrected chi connectivity index (χ2v) is 11.5. The van der Waals surface area contributed by atoms with Crippen molar-refractivity contribution in [2.45, 2.75) is 42.2 Å². The summed E-state index contributed by atoms with van der Waals surface area (Å²) in [5, 5.41) is 2.27. The molecule has 2 N–H and O–H groups in total. The van der Waals surface area contributed by atoms with Gasteiger partial charge in [0.15, 0.2) is 11.4 Å². The molecule has 0 amide bonds. The maximum atomic E-state index is 6.59. The summed E-state index contributed by atoms with van der Waals surface area (Å²) in [6.07, 6.45) is 0.641. The zero-order chi connectivity index (χ0) is 24.2. The number of thioether (sulfide) groups is 2. The summed E-state index contributed by atoms with van der Waals surface area (Å²) in [5.74, 6) is 1.18. The molecule has 0 radical (unpaired) electrons. The highest BCUT2D eigenvalue weighted by Gasteiger charge is 2.34. The number of nitrogens with zero attached hydrogens (tertiary/aromatic N) is 2. The van der Waals surface area contributed by atoms with Crippen molar-refractivity contribution in [2.24, 2.45) is 0 Å². The van der Waals surface area contributed by atoms with Crippen LogP contribution in [0.25, 0.3) is 10.2 Å². The molecule has 2 aromatic carbocycles. The number of hydrogen-bond acceptors (Lipinski definition) is 8. The normalized spacial score (nSPS) is 17.7. The highest BCUT2D eigenvalue weighted by Crippen LogP contribution is 2.55. The molecule has 1 aliphatic rings. The molecule has 0 aliphatic carbocycles. The average molecular weight is 524 g/mol. The molecule has 3 heterocycles. The molecule has 5 nitrogen and oxygen atoms in total. The Kier molecular flexibility index (Phi) is 7.94. The molecule has 8 heteroatoms. The van der Waals surface area contributed by atoms with E-state index in [0.29, 0.717) is 35.2 Å². The van der Waals surface area contributed by atoms with E-state index in [2.05, 4.69) is 65.6 Å². The maximum absolute atomic E-state index is 6.59. The van der Waals surface area contributed by atoms with Crippen molar-refractivity contribution in [1.29, 1.82) is 0 Å². The predicted octanol–water partition coefficient (Wildman–Crippen LogP) is 6.88. The molecule has 35 heavy (non-hydrogen) atoms. The summed E-state index contributed by atoms with van der Waals surface area (Å²) in [6.45, 7) is 5.15. The maximum Gasteiger partial charge on any atom is 0.191 e. The third-order valence-electron chi connectivity index (χ3n) is 5.94. The lowest BCUT2D eigenvalue weighted by atomic mass is 9.98. The van der Waals surface area contributed by atoms with Gasteiger partial charge in [-0.3, -0.25) is 0 Å². The second-order valence-electron chi connectivity index (χ2n) is 8.20. The number of ether oxygens (including phenoxy) is 2. The van der Waals surface area contributed by atoms with E-state index in [1.165, 1.54) is 33.3 Å². The molecular formula is C27H29N3O2S3. The molecule has 0 fully saturated rings. The largest absolute Gasteiger partial charge is 0.383 e. The fourth-order valence-corrected chi connectivity index (χ4v) is 8.27. The van der Waals surface area contributed by atoms with Gasteiger partial charge in [-0.15, -0.1) is 23.1 Å². The lowest BCUT2D eigenvalue weighted by Gasteiger charge is -2.30. The minimum Gasteiger partial charge on any atom is -0.383 e. The van der Waals surface area contributed by atoms with Crippen molar-refractivity contribution < 1.29 is 9.47 Å². The van der Waals surface area contributed by atoms with Crippen LogP contribution >= 0.6 is 34.9 Å². The number of rotatable bonds is 9. The first-order valence-electron chi connectivity index (χ1n) is 11.9. The third-order valence-corrected chi connectivity index (χ3v) is 9.71. The van der Waals surface area contributed by atoms with Crippen molar-refractivity contribution in [2.75, 3.05) is 24.7 Å². The van der Waals surface area contributed by atoms with Gasteiger partial charge in [0, 0.05) is 23.3 Å². The van der Waals surface area contributed by atoms with E-state index in [9.17, 15) is 0 Å². The summed E-state index contributed by atoms with van der Waals surface area (Å²) in [5.41, 5.74) is 10.5. The van der Waals surface area contributed by atoms with Gasteiger partial charge in [-0.1, -0.05) is 72.4 Å². The van der Waals surface area contributed by atoms with Gasteiger partial charge in [-0.05, 0) is 37.0 Å². The molecule has 2 atom stereocenters. The summed E-state index contributed by atoms with van der Waals surface area (Å²) in [4.78, 5) is 11.9. The van der Waals surface area contributed by atoms with Crippen molar-refractivity contribution in [3.8, 4) is 0 Å². The molecule has 2 aromatic heterocycles. The number of anilines is 1. The van der Waals surface area contributed by atoms with E-state index < -0.39 is 0 Å². The lowest BCUT2D eigenvalue weighted by Crippen LogP contribution is -2.20. The van der Waals surface area contributed by atoms with Gasteiger partial charge in [-0.25, -0.2) is 9.97 Å². The smallest absolute Gasteiger partial charge is 0.191 e. The predicted molar refractivity (Wildman–Crippen MR) is 148 cm³/mol. The van der Waals surface area contributed by atoms with Crippen LogP contribution in [-0.4, -0.2) is 35.2 Å². The van der Waals surface area contributed by atoms with Crippen LogP contribution in [0.5, 0.6) is 0 Å². The molecule has 0 saturated heterocycles. The molecule has 0 saturated carbocycles. The van der Waals surface area contributed by atoms with Gasteiger partial charge in [-0.2, -0.15) is 0 Å². The Hall–Kier alpha value is -2.10. The SMILES string of the molecule is CCOC(CSc1nc(N)c2c3c(sc2n1)[C@@H](c1ccccc1)S[C@@H](c1ccccc1)C3)OCC. The number of hydrogen-bond donors (Lipinski definition) is 1. The first kappa shape index (κ1) is 24.6. The quantitative estimate of drug-likeness (QED) is 0.146. The highest BCUT2D eigenvalue weighted by atomic mass is 32.2. The van der Waals surface area contributed by atoms with E-state index in [1.54, 1.807) is 11.3 Å². The number of fused-ring (bicyclic) bond motifs is 3. The topological polar surface area (TPSA) is 70.3 Å². The molecule has 0 spiro atoms. The van der Waals surface area contributed by atoms with E-state index in [-0.39, 0.29) is 11.5 Å². The Balaban J connectivity index is 1.52. The van der Waals surface area contributed by atoms with Crippen LogP contribution in [0, 0.1) is 0 Å². The van der Waals surface area contributed by atoms with Crippen LogP contribution in [0.3, 0.4) is 0 Å². The van der Waals surface area contributed by atoms with Crippen molar-refractivity contribution in [1.82, 2.24) is 9.97 Å². The highest BCUT2D eigenvalue weighted by molar-refractivity contribution is 8.00. The molecule has 4 aromatic rings. The van der Waals surface area contributed by atoms with Crippen LogP contribution < -0.4 is 5.73 Å². The first-order chi connectivity index (χ1) is 17.2. The fourth-order valence-electron chi connectivity index (χ4n) is 4.40. The van der Waals surface area contributed by atoms with Gasteiger partial charge < -0.3 is 15.2 Å². The van der Waals surface area contributed by atoms with Crippen LogP contribution in [0.15, 0.2) is 65.8 Å². The van der Waals surface area contributed by atoms with Crippen LogP contribution in [0.4, 0.5) is 5.82 Å². The number of nitrogen functional groups attached to an aromatic ring is 1. The lowest BCUT2D eigenvalue weighted by molar-refractivity contribution is -0.120. The van der Waals surface area contributed by atoms with E-state index in [4.69, 9.17) is 20.2 Å². The first-order valence-corrected chi connectivity index (χ1v) is 14.6. The van der Waals surface area contributed by atoms with Crippen molar-refractivity contribution in [3.05, 3.63) is 82.2 Å². The average Bonchev–Trinajstić information content (AvgIpc) is 3.27. The summed E-state index contributed by atoms with van der Waals surface area (Å²) in [7, 11) is 0. The Morgan fingerprint density at radius 3 is 2.29 bits per heavy atom. The summed E-state index contributed by atoms with van der Waals surface area (Å²) < 4.78 is 11.3. The van der Waals surface area contributed by atoms with E-state index in [1.807, 2.05) is 25.6 Å². The number of aromatic nitrogens is 2. The summed E-state index contributed by atoms with van der Waals surface area (Å²) in [6, 6.07) is 21.5. The molecule has 1 aliphatic heterocycles. The van der Waals surface area contributed by atoms with Gasteiger partial charge in [0.25, 0.3) is 0 Å². The molecule has 182 valence electrons. The third kappa shape index (κ3) is 5.37. The zero-order valence-corrected chi connectivity index (χ0v) is 22.3. The number of benzene rings is 2. The van der Waals surface area contributed by atoms with Crippen molar-refractivity contribution >= 4 is 50.9 Å². The monoisotopic (exact) mass is 523 g/mol. The number of nitrogens with two attached hydrogens (primary N) is 1. The molecule has 0 unspecified atom stereocenters. The minimum absolute atomic E-state index is 0.236. The molecular weight excluding hydrogens is 495 g/mol. The van der Waals surface area contributed by atoms with E-state index in [0.717, 1.165) is 16.6 Å². The van der Waals surface area contributed by atoms with Gasteiger partial charge in [0.2, 0.25) is 0 Å². The second kappa shape index (κ2) is 11.3. The van der Waals surface area contributed by atoms with Gasteiger partial charge in [0.05, 0.1) is 16.4 Å². The Morgan fingerprint density at radius 1 is 0.971 bits per heavy atom. The van der Waals surface area contributed by atoms with Gasteiger partial charge in [0.1, 0.15) is 10.6 Å². The molecule has 0 bridgehead atoms. The zero-order valence-electron chi connectivity index (χ0n) is 19.8. The minimum atomic E-state index is -0.280.